The molecule has 0 aliphatic carbocycles. The first kappa shape index (κ1) is 14.6. The van der Waals surface area contributed by atoms with Crippen molar-refractivity contribution in [3.8, 4) is 0 Å². The van der Waals surface area contributed by atoms with Gasteiger partial charge < -0.3 is 10.6 Å². The predicted octanol–water partition coefficient (Wildman–Crippen LogP) is 0.405. The normalized spacial score (nSPS) is 13.7. The molecule has 0 bridgehead atoms. The van der Waals surface area contributed by atoms with Crippen molar-refractivity contribution in [2.24, 2.45) is 0 Å². The van der Waals surface area contributed by atoms with Crippen LogP contribution in [0.15, 0.2) is 12.4 Å². The van der Waals surface area contributed by atoms with E-state index in [0.29, 0.717) is 18.0 Å². The fraction of sp³-hybridized carbons (Fsp3) is 0.545. The van der Waals surface area contributed by atoms with E-state index in [1.54, 1.807) is 13.3 Å². The number of anilines is 1. The molecule has 1 aromatic rings. The second-order valence-corrected chi connectivity index (χ2v) is 5.53. The zero-order valence-corrected chi connectivity index (χ0v) is 11.6. The highest BCUT2D eigenvalue weighted by Gasteiger charge is 2.11. The molecule has 1 amide bonds. The molecular formula is C11H18N4O2S. The van der Waals surface area contributed by atoms with Crippen LogP contribution in [0.1, 0.15) is 23.8 Å². The summed E-state index contributed by atoms with van der Waals surface area (Å²) in [6.45, 7) is 1.88. The fourth-order valence-electron chi connectivity index (χ4n) is 1.29. The average Bonchev–Trinajstić information content (AvgIpc) is 2.36. The topological polar surface area (TPSA) is 84.0 Å². The Morgan fingerprint density at radius 3 is 2.67 bits per heavy atom. The molecule has 1 aromatic heterocycles. The van der Waals surface area contributed by atoms with E-state index >= 15 is 0 Å². The molecule has 0 aliphatic heterocycles. The second kappa shape index (κ2) is 7.05. The standard InChI is InChI=1S/C11H18N4O2S/c1-8(4-5-18(3)17)15-11(16)9-6-14-10(12-2)7-13-9/h6-8H,4-5H2,1-3H3,(H,12,14)(H,15,16). The molecule has 100 valence electrons. The van der Waals surface area contributed by atoms with Gasteiger partial charge in [-0.2, -0.15) is 0 Å². The first-order valence-corrected chi connectivity index (χ1v) is 7.36. The summed E-state index contributed by atoms with van der Waals surface area (Å²) in [6.07, 6.45) is 5.25. The molecule has 0 saturated heterocycles. The van der Waals surface area contributed by atoms with Crippen molar-refractivity contribution < 1.29 is 9.00 Å². The summed E-state index contributed by atoms with van der Waals surface area (Å²) in [5.41, 5.74) is 0.276. The molecule has 0 saturated carbocycles. The number of nitrogens with one attached hydrogen (secondary N) is 2. The third kappa shape index (κ3) is 4.79. The molecule has 0 fully saturated rings. The summed E-state index contributed by atoms with van der Waals surface area (Å²) in [6, 6.07) is -0.0350. The van der Waals surface area contributed by atoms with Crippen LogP contribution in [0.5, 0.6) is 0 Å². The Morgan fingerprint density at radius 2 is 2.17 bits per heavy atom. The zero-order valence-electron chi connectivity index (χ0n) is 10.8. The van der Waals surface area contributed by atoms with Gasteiger partial charge in [-0.1, -0.05) is 0 Å². The molecule has 1 rings (SSSR count). The van der Waals surface area contributed by atoms with Crippen LogP contribution >= 0.6 is 0 Å². The minimum atomic E-state index is -0.837. The Kier molecular flexibility index (Phi) is 5.70. The van der Waals surface area contributed by atoms with Gasteiger partial charge in [0.05, 0.1) is 12.4 Å². The van der Waals surface area contributed by atoms with Gasteiger partial charge in [-0.25, -0.2) is 9.97 Å². The lowest BCUT2D eigenvalue weighted by molar-refractivity contribution is 0.0934. The Bertz CT molecular complexity index is 422. The lowest BCUT2D eigenvalue weighted by Gasteiger charge is -2.12. The van der Waals surface area contributed by atoms with Crippen LogP contribution in [-0.4, -0.2) is 45.2 Å². The number of amides is 1. The highest BCUT2D eigenvalue weighted by atomic mass is 32.2. The van der Waals surface area contributed by atoms with E-state index in [-0.39, 0.29) is 17.6 Å². The van der Waals surface area contributed by atoms with Gasteiger partial charge in [0.2, 0.25) is 0 Å². The largest absolute Gasteiger partial charge is 0.372 e. The van der Waals surface area contributed by atoms with Crippen LogP contribution in [-0.2, 0) is 10.8 Å². The molecule has 2 atom stereocenters. The van der Waals surface area contributed by atoms with Crippen molar-refractivity contribution in [2.75, 3.05) is 24.4 Å². The minimum Gasteiger partial charge on any atom is -0.372 e. The molecular weight excluding hydrogens is 252 g/mol. The van der Waals surface area contributed by atoms with Gasteiger partial charge in [-0.3, -0.25) is 9.00 Å². The van der Waals surface area contributed by atoms with Crippen LogP contribution in [0, 0.1) is 0 Å². The highest BCUT2D eigenvalue weighted by molar-refractivity contribution is 7.84. The highest BCUT2D eigenvalue weighted by Crippen LogP contribution is 2.01. The number of carbonyl (C=O) groups excluding carboxylic acids is 1. The Labute approximate surface area is 109 Å². The van der Waals surface area contributed by atoms with Crippen LogP contribution in [0.4, 0.5) is 5.82 Å². The van der Waals surface area contributed by atoms with E-state index in [4.69, 9.17) is 0 Å². The molecule has 0 spiro atoms. The van der Waals surface area contributed by atoms with E-state index in [0.717, 1.165) is 0 Å². The molecule has 2 unspecified atom stereocenters. The van der Waals surface area contributed by atoms with Crippen molar-refractivity contribution in [2.45, 2.75) is 19.4 Å². The van der Waals surface area contributed by atoms with Gasteiger partial charge in [-0.05, 0) is 13.3 Å². The van der Waals surface area contributed by atoms with Crippen LogP contribution < -0.4 is 10.6 Å². The van der Waals surface area contributed by atoms with Gasteiger partial charge in [0, 0.05) is 35.9 Å². The van der Waals surface area contributed by atoms with Crippen LogP contribution in [0.25, 0.3) is 0 Å². The van der Waals surface area contributed by atoms with Crippen LogP contribution in [0.3, 0.4) is 0 Å². The molecule has 0 aromatic carbocycles. The molecule has 1 heterocycles. The van der Waals surface area contributed by atoms with Crippen molar-refractivity contribution in [1.29, 1.82) is 0 Å². The van der Waals surface area contributed by atoms with Gasteiger partial charge in [-0.15, -0.1) is 0 Å². The van der Waals surface area contributed by atoms with Crippen molar-refractivity contribution >= 4 is 22.5 Å². The first-order chi connectivity index (χ1) is 8.52. The van der Waals surface area contributed by atoms with E-state index in [2.05, 4.69) is 20.6 Å². The quantitative estimate of drug-likeness (QED) is 0.782. The summed E-state index contributed by atoms with van der Waals surface area (Å²) in [7, 11) is 0.895. The molecule has 7 heteroatoms. The van der Waals surface area contributed by atoms with E-state index < -0.39 is 10.8 Å². The maximum atomic E-state index is 11.8. The number of carbonyl (C=O) groups is 1. The lowest BCUT2D eigenvalue weighted by atomic mass is 10.2. The third-order valence-corrected chi connectivity index (χ3v) is 3.17. The molecule has 18 heavy (non-hydrogen) atoms. The van der Waals surface area contributed by atoms with Crippen molar-refractivity contribution in [3.05, 3.63) is 18.1 Å². The zero-order chi connectivity index (χ0) is 13.5. The Morgan fingerprint density at radius 1 is 1.44 bits per heavy atom. The third-order valence-electron chi connectivity index (χ3n) is 2.36. The molecule has 2 N–H and O–H groups in total. The van der Waals surface area contributed by atoms with Gasteiger partial charge in [0.1, 0.15) is 11.5 Å². The fourth-order valence-corrected chi connectivity index (χ4v) is 1.97. The first-order valence-electron chi connectivity index (χ1n) is 5.63. The maximum absolute atomic E-state index is 11.8. The summed E-state index contributed by atoms with van der Waals surface area (Å²) < 4.78 is 10.9. The molecule has 6 nitrogen and oxygen atoms in total. The summed E-state index contributed by atoms with van der Waals surface area (Å²) in [5, 5.41) is 5.62. The van der Waals surface area contributed by atoms with Crippen molar-refractivity contribution in [1.82, 2.24) is 15.3 Å². The second-order valence-electron chi connectivity index (χ2n) is 3.98. The lowest BCUT2D eigenvalue weighted by Crippen LogP contribution is -2.34. The van der Waals surface area contributed by atoms with Crippen molar-refractivity contribution in [3.63, 3.8) is 0 Å². The molecule has 0 radical (unpaired) electrons. The number of hydrogen-bond acceptors (Lipinski definition) is 5. The van der Waals surface area contributed by atoms with E-state index in [1.165, 1.54) is 12.4 Å². The number of aromatic nitrogens is 2. The molecule has 0 aliphatic rings. The number of rotatable bonds is 6. The van der Waals surface area contributed by atoms with Crippen LogP contribution in [0.2, 0.25) is 0 Å². The summed E-state index contributed by atoms with van der Waals surface area (Å²) in [4.78, 5) is 19.8. The number of nitrogens with zero attached hydrogens (tertiary/aromatic N) is 2. The van der Waals surface area contributed by atoms with E-state index in [1.807, 2.05) is 6.92 Å². The predicted molar refractivity (Wildman–Crippen MR) is 72.1 cm³/mol. The van der Waals surface area contributed by atoms with E-state index in [9.17, 15) is 9.00 Å². The Hall–Kier alpha value is -1.50. The monoisotopic (exact) mass is 270 g/mol. The average molecular weight is 270 g/mol. The number of hydrogen-bond donors (Lipinski definition) is 2. The Balaban J connectivity index is 2.50. The smallest absolute Gasteiger partial charge is 0.271 e. The maximum Gasteiger partial charge on any atom is 0.271 e. The summed E-state index contributed by atoms with van der Waals surface area (Å²) in [5.74, 6) is 0.923. The minimum absolute atomic E-state index is 0.0350. The summed E-state index contributed by atoms with van der Waals surface area (Å²) >= 11 is 0. The van der Waals surface area contributed by atoms with Gasteiger partial charge in [0.15, 0.2) is 0 Å². The van der Waals surface area contributed by atoms with Gasteiger partial charge in [0.25, 0.3) is 5.91 Å². The van der Waals surface area contributed by atoms with Gasteiger partial charge >= 0.3 is 0 Å². The SMILES string of the molecule is CNc1cnc(C(=O)NC(C)CCS(C)=O)cn1.